The summed E-state index contributed by atoms with van der Waals surface area (Å²) in [5, 5.41) is 2.49. The quantitative estimate of drug-likeness (QED) is 0.874. The van der Waals surface area contributed by atoms with Gasteiger partial charge in [0.1, 0.15) is 5.75 Å². The molecule has 0 fully saturated rings. The van der Waals surface area contributed by atoms with Crippen LogP contribution in [0.5, 0.6) is 5.75 Å². The SMILES string of the molecule is CC(C)Oc1ccc2ccccc2c1CCN. The summed E-state index contributed by atoms with van der Waals surface area (Å²) in [6.45, 7) is 4.73. The molecule has 0 saturated heterocycles. The molecule has 0 radical (unpaired) electrons. The molecule has 2 N–H and O–H groups in total. The fraction of sp³-hybridized carbons (Fsp3) is 0.333. The summed E-state index contributed by atoms with van der Waals surface area (Å²) in [6.07, 6.45) is 1.04. The second-order valence-corrected chi connectivity index (χ2v) is 4.47. The Bertz CT molecular complexity index is 505. The zero-order chi connectivity index (χ0) is 12.3. The zero-order valence-corrected chi connectivity index (χ0v) is 10.4. The topological polar surface area (TPSA) is 35.2 Å². The second-order valence-electron chi connectivity index (χ2n) is 4.47. The lowest BCUT2D eigenvalue weighted by Gasteiger charge is -2.16. The van der Waals surface area contributed by atoms with Gasteiger partial charge >= 0.3 is 0 Å². The highest BCUT2D eigenvalue weighted by Crippen LogP contribution is 2.29. The number of ether oxygens (including phenoxy) is 1. The van der Waals surface area contributed by atoms with Crippen LogP contribution in [0.4, 0.5) is 0 Å². The van der Waals surface area contributed by atoms with E-state index in [1.165, 1.54) is 16.3 Å². The molecule has 0 atom stereocenters. The van der Waals surface area contributed by atoms with Crippen molar-refractivity contribution in [2.45, 2.75) is 26.4 Å². The predicted molar refractivity (Wildman–Crippen MR) is 72.5 cm³/mol. The van der Waals surface area contributed by atoms with Gasteiger partial charge in [0.05, 0.1) is 6.10 Å². The van der Waals surface area contributed by atoms with Crippen LogP contribution in [0, 0.1) is 0 Å². The van der Waals surface area contributed by atoms with E-state index in [4.69, 9.17) is 10.5 Å². The van der Waals surface area contributed by atoms with Gasteiger partial charge in [0, 0.05) is 5.56 Å². The van der Waals surface area contributed by atoms with Crippen LogP contribution in [-0.4, -0.2) is 12.6 Å². The minimum atomic E-state index is 0.188. The lowest BCUT2D eigenvalue weighted by atomic mass is 10.0. The van der Waals surface area contributed by atoms with Gasteiger partial charge < -0.3 is 10.5 Å². The highest BCUT2D eigenvalue weighted by Gasteiger charge is 2.09. The van der Waals surface area contributed by atoms with Gasteiger partial charge in [0.25, 0.3) is 0 Å². The first-order chi connectivity index (χ1) is 8.22. The molecule has 0 unspecified atom stereocenters. The molecule has 90 valence electrons. The van der Waals surface area contributed by atoms with Crippen LogP contribution in [0.15, 0.2) is 36.4 Å². The highest BCUT2D eigenvalue weighted by atomic mass is 16.5. The third-order valence-corrected chi connectivity index (χ3v) is 2.75. The van der Waals surface area contributed by atoms with Crippen LogP contribution < -0.4 is 10.5 Å². The van der Waals surface area contributed by atoms with Gasteiger partial charge in [0.2, 0.25) is 0 Å². The molecule has 0 aliphatic heterocycles. The molecule has 0 spiro atoms. The van der Waals surface area contributed by atoms with Gasteiger partial charge in [-0.3, -0.25) is 0 Å². The molecule has 2 nitrogen and oxygen atoms in total. The van der Waals surface area contributed by atoms with Crippen molar-refractivity contribution in [3.63, 3.8) is 0 Å². The van der Waals surface area contributed by atoms with Crippen molar-refractivity contribution in [3.05, 3.63) is 42.0 Å². The van der Waals surface area contributed by atoms with Crippen LogP contribution in [0.3, 0.4) is 0 Å². The molecule has 0 aliphatic carbocycles. The summed E-state index contributed by atoms with van der Waals surface area (Å²) in [6, 6.07) is 12.5. The number of rotatable bonds is 4. The maximum Gasteiger partial charge on any atom is 0.123 e. The van der Waals surface area contributed by atoms with E-state index >= 15 is 0 Å². The van der Waals surface area contributed by atoms with Crippen molar-refractivity contribution in [1.29, 1.82) is 0 Å². The predicted octanol–water partition coefficient (Wildman–Crippen LogP) is 3.13. The number of hydrogen-bond donors (Lipinski definition) is 1. The van der Waals surface area contributed by atoms with E-state index in [-0.39, 0.29) is 6.10 Å². The van der Waals surface area contributed by atoms with Gasteiger partial charge in [-0.05, 0) is 43.7 Å². The second kappa shape index (κ2) is 5.19. The minimum absolute atomic E-state index is 0.188. The Labute approximate surface area is 102 Å². The third-order valence-electron chi connectivity index (χ3n) is 2.75. The summed E-state index contributed by atoms with van der Waals surface area (Å²) in [5.74, 6) is 0.962. The van der Waals surface area contributed by atoms with Crippen molar-refractivity contribution < 1.29 is 4.74 Å². The molecule has 2 heteroatoms. The fourth-order valence-corrected chi connectivity index (χ4v) is 2.08. The molecule has 2 aromatic rings. The molecular weight excluding hydrogens is 210 g/mol. The maximum atomic E-state index is 5.85. The van der Waals surface area contributed by atoms with Crippen molar-refractivity contribution in [1.82, 2.24) is 0 Å². The van der Waals surface area contributed by atoms with Crippen molar-refractivity contribution in [2.75, 3.05) is 6.54 Å². The van der Waals surface area contributed by atoms with Crippen LogP contribution in [-0.2, 0) is 6.42 Å². The molecule has 0 aliphatic rings. The number of fused-ring (bicyclic) bond motifs is 1. The van der Waals surface area contributed by atoms with E-state index in [0.29, 0.717) is 6.54 Å². The van der Waals surface area contributed by atoms with E-state index in [0.717, 1.165) is 12.2 Å². The molecule has 2 aromatic carbocycles. The monoisotopic (exact) mass is 229 g/mol. The summed E-state index contributed by atoms with van der Waals surface area (Å²) in [7, 11) is 0. The maximum absolute atomic E-state index is 5.85. The smallest absolute Gasteiger partial charge is 0.123 e. The first-order valence-corrected chi connectivity index (χ1v) is 6.09. The van der Waals surface area contributed by atoms with Crippen molar-refractivity contribution in [2.24, 2.45) is 5.73 Å². The van der Waals surface area contributed by atoms with Gasteiger partial charge in [0.15, 0.2) is 0 Å². The lowest BCUT2D eigenvalue weighted by molar-refractivity contribution is 0.240. The number of hydrogen-bond acceptors (Lipinski definition) is 2. The molecule has 0 saturated carbocycles. The first-order valence-electron chi connectivity index (χ1n) is 6.09. The highest BCUT2D eigenvalue weighted by molar-refractivity contribution is 5.87. The van der Waals surface area contributed by atoms with Crippen molar-refractivity contribution >= 4 is 10.8 Å². The molecule has 0 amide bonds. The van der Waals surface area contributed by atoms with Crippen LogP contribution >= 0.6 is 0 Å². The van der Waals surface area contributed by atoms with Gasteiger partial charge in [-0.1, -0.05) is 30.3 Å². The van der Waals surface area contributed by atoms with Crippen molar-refractivity contribution in [3.8, 4) is 5.75 Å². The van der Waals surface area contributed by atoms with E-state index in [9.17, 15) is 0 Å². The minimum Gasteiger partial charge on any atom is -0.491 e. The largest absolute Gasteiger partial charge is 0.491 e. The Morgan fingerprint density at radius 1 is 1.12 bits per heavy atom. The summed E-state index contributed by atoms with van der Waals surface area (Å²) >= 11 is 0. The van der Waals surface area contributed by atoms with Gasteiger partial charge in [-0.15, -0.1) is 0 Å². The first kappa shape index (κ1) is 11.9. The van der Waals surface area contributed by atoms with Gasteiger partial charge in [-0.2, -0.15) is 0 Å². The Hall–Kier alpha value is -1.54. The van der Waals surface area contributed by atoms with Crippen LogP contribution in [0.2, 0.25) is 0 Å². The Morgan fingerprint density at radius 2 is 1.88 bits per heavy atom. The summed E-state index contributed by atoms with van der Waals surface area (Å²) in [5.41, 5.74) is 6.92. The molecule has 0 aromatic heterocycles. The standard InChI is InChI=1S/C15H19NO/c1-11(2)17-15-8-7-12-5-3-4-6-13(12)14(15)9-10-16/h3-8,11H,9-10,16H2,1-2H3. The lowest BCUT2D eigenvalue weighted by Crippen LogP contribution is -2.10. The molecule has 0 bridgehead atoms. The summed E-state index contributed by atoms with van der Waals surface area (Å²) in [4.78, 5) is 0. The molecular formula is C15H19NO. The van der Waals surface area contributed by atoms with E-state index < -0.39 is 0 Å². The average molecular weight is 229 g/mol. The Morgan fingerprint density at radius 3 is 2.59 bits per heavy atom. The molecule has 2 rings (SSSR count). The van der Waals surface area contributed by atoms with Crippen LogP contribution in [0.1, 0.15) is 19.4 Å². The van der Waals surface area contributed by atoms with E-state index in [1.54, 1.807) is 0 Å². The number of nitrogens with two attached hydrogens (primary N) is 1. The summed E-state index contributed by atoms with van der Waals surface area (Å²) < 4.78 is 5.85. The van der Waals surface area contributed by atoms with Crippen LogP contribution in [0.25, 0.3) is 10.8 Å². The number of benzene rings is 2. The van der Waals surface area contributed by atoms with Gasteiger partial charge in [-0.25, -0.2) is 0 Å². The zero-order valence-electron chi connectivity index (χ0n) is 10.4. The normalized spacial score (nSPS) is 11.1. The van der Waals surface area contributed by atoms with E-state index in [2.05, 4.69) is 30.3 Å². The molecule has 0 heterocycles. The average Bonchev–Trinajstić information content (AvgIpc) is 2.32. The molecule has 17 heavy (non-hydrogen) atoms. The fourth-order valence-electron chi connectivity index (χ4n) is 2.08. The Kier molecular flexibility index (Phi) is 3.64. The van der Waals surface area contributed by atoms with E-state index in [1.807, 2.05) is 19.9 Å². The Balaban J connectivity index is 2.55. The third kappa shape index (κ3) is 2.59.